The lowest BCUT2D eigenvalue weighted by Crippen LogP contribution is -2.18. The van der Waals surface area contributed by atoms with Gasteiger partial charge in [-0.1, -0.05) is 30.3 Å². The number of carbonyl (C=O) groups is 1. The molecule has 0 fully saturated rings. The first-order chi connectivity index (χ1) is 10.3. The van der Waals surface area contributed by atoms with E-state index in [9.17, 15) is 4.79 Å². The molecule has 8 nitrogen and oxygen atoms in total. The number of benzene rings is 1. The second-order valence-electron chi connectivity index (χ2n) is 4.47. The number of aromatic nitrogens is 6. The zero-order chi connectivity index (χ0) is 14.5. The molecule has 0 saturated heterocycles. The molecule has 8 heteroatoms. The van der Waals surface area contributed by atoms with Gasteiger partial charge in [-0.2, -0.15) is 5.10 Å². The number of rotatable bonds is 5. The largest absolute Gasteiger partial charge is 0.322 e. The van der Waals surface area contributed by atoms with E-state index in [1.165, 1.54) is 11.0 Å². The van der Waals surface area contributed by atoms with Gasteiger partial charge in [0.2, 0.25) is 5.91 Å². The Bertz CT molecular complexity index is 705. The quantitative estimate of drug-likeness (QED) is 0.738. The molecule has 3 aromatic rings. The van der Waals surface area contributed by atoms with Gasteiger partial charge in [0.15, 0.2) is 0 Å². The first-order valence-corrected chi connectivity index (χ1v) is 6.36. The van der Waals surface area contributed by atoms with Crippen LogP contribution in [0.5, 0.6) is 0 Å². The molecule has 21 heavy (non-hydrogen) atoms. The SMILES string of the molecule is O=C(Cn1cnnn1)Nc1cnn(Cc2ccccc2)c1. The molecule has 1 N–H and O–H groups in total. The lowest BCUT2D eigenvalue weighted by atomic mass is 10.2. The Labute approximate surface area is 120 Å². The Hall–Kier alpha value is -3.03. The Balaban J connectivity index is 1.59. The zero-order valence-corrected chi connectivity index (χ0v) is 11.1. The summed E-state index contributed by atoms with van der Waals surface area (Å²) in [6, 6.07) is 9.98. The lowest BCUT2D eigenvalue weighted by Gasteiger charge is -2.02. The average molecular weight is 283 g/mol. The van der Waals surface area contributed by atoms with E-state index >= 15 is 0 Å². The molecule has 0 radical (unpaired) electrons. The van der Waals surface area contributed by atoms with Gasteiger partial charge in [0, 0.05) is 6.20 Å². The van der Waals surface area contributed by atoms with E-state index in [0.29, 0.717) is 12.2 Å². The molecule has 0 saturated carbocycles. The lowest BCUT2D eigenvalue weighted by molar-refractivity contribution is -0.116. The molecule has 0 atom stereocenters. The highest BCUT2D eigenvalue weighted by atomic mass is 16.2. The molecule has 106 valence electrons. The summed E-state index contributed by atoms with van der Waals surface area (Å²) in [5, 5.41) is 17.5. The fourth-order valence-electron chi connectivity index (χ4n) is 1.89. The number of hydrogen-bond donors (Lipinski definition) is 1. The van der Waals surface area contributed by atoms with E-state index in [2.05, 4.69) is 25.9 Å². The van der Waals surface area contributed by atoms with E-state index in [1.807, 2.05) is 30.3 Å². The Morgan fingerprint density at radius 2 is 2.05 bits per heavy atom. The Morgan fingerprint density at radius 3 is 2.81 bits per heavy atom. The minimum atomic E-state index is -0.207. The van der Waals surface area contributed by atoms with E-state index in [4.69, 9.17) is 0 Å². The monoisotopic (exact) mass is 283 g/mol. The Morgan fingerprint density at radius 1 is 1.19 bits per heavy atom. The third-order valence-electron chi connectivity index (χ3n) is 2.80. The predicted octanol–water partition coefficient (Wildman–Crippen LogP) is 0.557. The maximum atomic E-state index is 11.8. The van der Waals surface area contributed by atoms with Crippen molar-refractivity contribution >= 4 is 11.6 Å². The minimum Gasteiger partial charge on any atom is -0.322 e. The van der Waals surface area contributed by atoms with Crippen molar-refractivity contribution in [3.05, 3.63) is 54.6 Å². The molecular weight excluding hydrogens is 270 g/mol. The molecule has 0 unspecified atom stereocenters. The molecule has 0 aliphatic heterocycles. The van der Waals surface area contributed by atoms with Crippen LogP contribution in [-0.4, -0.2) is 35.9 Å². The second kappa shape index (κ2) is 5.95. The van der Waals surface area contributed by atoms with Crippen LogP contribution in [0.1, 0.15) is 5.56 Å². The topological polar surface area (TPSA) is 90.5 Å². The maximum Gasteiger partial charge on any atom is 0.246 e. The highest BCUT2D eigenvalue weighted by Crippen LogP contribution is 2.08. The van der Waals surface area contributed by atoms with Gasteiger partial charge in [-0.15, -0.1) is 5.10 Å². The van der Waals surface area contributed by atoms with Gasteiger partial charge in [0.1, 0.15) is 12.9 Å². The molecular formula is C13H13N7O. The molecule has 2 heterocycles. The summed E-state index contributed by atoms with van der Waals surface area (Å²) in [4.78, 5) is 11.8. The number of amides is 1. The molecule has 1 aromatic carbocycles. The third kappa shape index (κ3) is 3.50. The number of hydrogen-bond acceptors (Lipinski definition) is 5. The highest BCUT2D eigenvalue weighted by Gasteiger charge is 2.06. The van der Waals surface area contributed by atoms with Crippen LogP contribution in [0.3, 0.4) is 0 Å². The van der Waals surface area contributed by atoms with Crippen molar-refractivity contribution in [2.75, 3.05) is 5.32 Å². The van der Waals surface area contributed by atoms with Gasteiger partial charge in [0.25, 0.3) is 0 Å². The van der Waals surface area contributed by atoms with Gasteiger partial charge in [0.05, 0.1) is 18.4 Å². The molecule has 1 amide bonds. The zero-order valence-electron chi connectivity index (χ0n) is 11.1. The third-order valence-corrected chi connectivity index (χ3v) is 2.80. The summed E-state index contributed by atoms with van der Waals surface area (Å²) < 4.78 is 3.12. The Kier molecular flexibility index (Phi) is 3.68. The van der Waals surface area contributed by atoms with Crippen LogP contribution in [0.4, 0.5) is 5.69 Å². The number of anilines is 1. The molecule has 0 spiro atoms. The van der Waals surface area contributed by atoms with Crippen LogP contribution >= 0.6 is 0 Å². The van der Waals surface area contributed by atoms with Gasteiger partial charge < -0.3 is 5.32 Å². The van der Waals surface area contributed by atoms with Gasteiger partial charge >= 0.3 is 0 Å². The molecule has 0 aliphatic carbocycles. The van der Waals surface area contributed by atoms with Crippen molar-refractivity contribution in [1.29, 1.82) is 0 Å². The van der Waals surface area contributed by atoms with Crippen molar-refractivity contribution in [1.82, 2.24) is 30.0 Å². The molecule has 0 aliphatic rings. The van der Waals surface area contributed by atoms with Gasteiger partial charge in [-0.25, -0.2) is 4.68 Å². The van der Waals surface area contributed by atoms with E-state index < -0.39 is 0 Å². The predicted molar refractivity (Wildman–Crippen MR) is 74.2 cm³/mol. The minimum absolute atomic E-state index is 0.0663. The van der Waals surface area contributed by atoms with Crippen molar-refractivity contribution < 1.29 is 4.79 Å². The van der Waals surface area contributed by atoms with Crippen molar-refractivity contribution in [2.24, 2.45) is 0 Å². The fourth-order valence-corrected chi connectivity index (χ4v) is 1.89. The fraction of sp³-hybridized carbons (Fsp3) is 0.154. The van der Waals surface area contributed by atoms with Crippen LogP contribution < -0.4 is 5.32 Å². The number of nitrogens with zero attached hydrogens (tertiary/aromatic N) is 6. The number of nitrogens with one attached hydrogen (secondary N) is 1. The summed E-state index contributed by atoms with van der Waals surface area (Å²) in [6.45, 7) is 0.723. The molecule has 0 bridgehead atoms. The molecule has 2 aromatic heterocycles. The summed E-state index contributed by atoms with van der Waals surface area (Å²) in [6.07, 6.45) is 4.78. The first-order valence-electron chi connectivity index (χ1n) is 6.36. The molecule has 3 rings (SSSR count). The summed E-state index contributed by atoms with van der Waals surface area (Å²) in [5.74, 6) is -0.207. The van der Waals surface area contributed by atoms with E-state index in [0.717, 1.165) is 5.56 Å². The average Bonchev–Trinajstić information content (AvgIpc) is 3.12. The van der Waals surface area contributed by atoms with Crippen LogP contribution in [0, 0.1) is 0 Å². The van der Waals surface area contributed by atoms with Crippen LogP contribution in [0.2, 0.25) is 0 Å². The maximum absolute atomic E-state index is 11.8. The van der Waals surface area contributed by atoms with Crippen molar-refractivity contribution in [3.63, 3.8) is 0 Å². The normalized spacial score (nSPS) is 10.5. The van der Waals surface area contributed by atoms with Crippen LogP contribution in [0.25, 0.3) is 0 Å². The van der Waals surface area contributed by atoms with Crippen LogP contribution in [-0.2, 0) is 17.9 Å². The van der Waals surface area contributed by atoms with E-state index in [-0.39, 0.29) is 12.5 Å². The van der Waals surface area contributed by atoms with E-state index in [1.54, 1.807) is 17.1 Å². The second-order valence-corrected chi connectivity index (χ2v) is 4.47. The standard InChI is InChI=1S/C13H13N7O/c21-13(9-20-10-14-17-18-20)16-12-6-15-19(8-12)7-11-4-2-1-3-5-11/h1-6,8,10H,7,9H2,(H,16,21). The highest BCUT2D eigenvalue weighted by molar-refractivity contribution is 5.90. The number of carbonyl (C=O) groups excluding carboxylic acids is 1. The van der Waals surface area contributed by atoms with Gasteiger partial charge in [-0.05, 0) is 16.0 Å². The smallest absolute Gasteiger partial charge is 0.246 e. The van der Waals surface area contributed by atoms with Gasteiger partial charge in [-0.3, -0.25) is 9.48 Å². The number of tetrazole rings is 1. The summed E-state index contributed by atoms with van der Waals surface area (Å²) >= 11 is 0. The first kappa shape index (κ1) is 13.0. The van der Waals surface area contributed by atoms with Crippen LogP contribution in [0.15, 0.2) is 49.1 Å². The van der Waals surface area contributed by atoms with Crippen molar-refractivity contribution in [2.45, 2.75) is 13.1 Å². The van der Waals surface area contributed by atoms with Crippen molar-refractivity contribution in [3.8, 4) is 0 Å². The summed E-state index contributed by atoms with van der Waals surface area (Å²) in [7, 11) is 0. The summed E-state index contributed by atoms with van der Waals surface area (Å²) in [5.41, 5.74) is 1.79.